The number of fused-ring (bicyclic) bond motifs is 1. The Morgan fingerprint density at radius 3 is 2.75 bits per heavy atom. The van der Waals surface area contributed by atoms with Gasteiger partial charge in [0, 0.05) is 4.47 Å². The van der Waals surface area contributed by atoms with Crippen molar-refractivity contribution < 1.29 is 4.39 Å². The lowest BCUT2D eigenvalue weighted by atomic mass is 10.1. The summed E-state index contributed by atoms with van der Waals surface area (Å²) in [6.45, 7) is 2.05. The maximum atomic E-state index is 13.8. The zero-order valence-corrected chi connectivity index (χ0v) is 13.1. The Kier molecular flexibility index (Phi) is 3.48. The van der Waals surface area contributed by atoms with Gasteiger partial charge in [0.2, 0.25) is 0 Å². The quantitative estimate of drug-likeness (QED) is 0.629. The minimum atomic E-state index is -0.284. The summed E-state index contributed by atoms with van der Waals surface area (Å²) in [5, 5.41) is 0. The molecular formula is C15H12BrFN2S. The molecule has 0 radical (unpaired) electrons. The fraction of sp³-hybridized carbons (Fsp3) is 0.133. The van der Waals surface area contributed by atoms with Crippen molar-refractivity contribution in [2.24, 2.45) is 0 Å². The number of para-hydroxylation sites is 1. The van der Waals surface area contributed by atoms with E-state index in [1.807, 2.05) is 34.9 Å². The molecule has 0 spiro atoms. The lowest BCUT2D eigenvalue weighted by Crippen LogP contribution is -2.06. The molecule has 2 nitrogen and oxygen atoms in total. The van der Waals surface area contributed by atoms with Crippen molar-refractivity contribution >= 4 is 39.2 Å². The van der Waals surface area contributed by atoms with E-state index in [0.29, 0.717) is 10.3 Å². The molecule has 0 aliphatic heterocycles. The molecule has 0 amide bonds. The van der Waals surface area contributed by atoms with Crippen LogP contribution in [0, 0.1) is 10.6 Å². The maximum absolute atomic E-state index is 13.8. The van der Waals surface area contributed by atoms with Crippen molar-refractivity contribution in [1.29, 1.82) is 0 Å². The monoisotopic (exact) mass is 350 g/mol. The molecule has 2 aromatic carbocycles. The van der Waals surface area contributed by atoms with Crippen molar-refractivity contribution in [2.75, 3.05) is 0 Å². The van der Waals surface area contributed by atoms with E-state index in [2.05, 4.69) is 27.8 Å². The van der Waals surface area contributed by atoms with E-state index < -0.39 is 0 Å². The van der Waals surface area contributed by atoms with E-state index in [9.17, 15) is 4.39 Å². The normalized spacial score (nSPS) is 12.8. The highest BCUT2D eigenvalue weighted by atomic mass is 79.9. The Morgan fingerprint density at radius 1 is 1.25 bits per heavy atom. The van der Waals surface area contributed by atoms with Crippen LogP contribution in [-0.2, 0) is 0 Å². The SMILES string of the molecule is CC(c1cccc(Br)c1)n1c(=S)[nH]c2c(F)cccc21. The van der Waals surface area contributed by atoms with Crippen LogP contribution in [0.4, 0.5) is 4.39 Å². The van der Waals surface area contributed by atoms with Crippen LogP contribution in [0.25, 0.3) is 11.0 Å². The third-order valence-electron chi connectivity index (χ3n) is 3.42. The predicted molar refractivity (Wildman–Crippen MR) is 85.0 cm³/mol. The van der Waals surface area contributed by atoms with Crippen LogP contribution >= 0.6 is 28.1 Å². The van der Waals surface area contributed by atoms with Crippen LogP contribution in [0.5, 0.6) is 0 Å². The zero-order chi connectivity index (χ0) is 14.3. The van der Waals surface area contributed by atoms with E-state index in [4.69, 9.17) is 12.2 Å². The molecule has 5 heteroatoms. The van der Waals surface area contributed by atoms with Crippen molar-refractivity contribution in [3.05, 3.63) is 63.1 Å². The lowest BCUT2D eigenvalue weighted by Gasteiger charge is -2.15. The molecule has 1 heterocycles. The van der Waals surface area contributed by atoms with Gasteiger partial charge in [-0.25, -0.2) is 4.39 Å². The molecule has 3 rings (SSSR count). The Balaban J connectivity index is 2.22. The summed E-state index contributed by atoms with van der Waals surface area (Å²) in [6, 6.07) is 13.1. The molecule has 1 unspecified atom stereocenters. The zero-order valence-electron chi connectivity index (χ0n) is 10.7. The van der Waals surface area contributed by atoms with Crippen LogP contribution in [0.3, 0.4) is 0 Å². The summed E-state index contributed by atoms with van der Waals surface area (Å²) < 4.78 is 17.3. The van der Waals surface area contributed by atoms with Gasteiger partial charge in [0.25, 0.3) is 0 Å². The first-order chi connectivity index (χ1) is 9.58. The first kappa shape index (κ1) is 13.5. The summed E-state index contributed by atoms with van der Waals surface area (Å²) in [7, 11) is 0. The predicted octanol–water partition coefficient (Wildman–Crippen LogP) is 5.21. The highest BCUT2D eigenvalue weighted by molar-refractivity contribution is 9.10. The highest BCUT2D eigenvalue weighted by Gasteiger charge is 2.15. The van der Waals surface area contributed by atoms with Gasteiger partial charge in [0.05, 0.1) is 11.6 Å². The molecule has 0 saturated heterocycles. The summed E-state index contributed by atoms with van der Waals surface area (Å²) in [6.07, 6.45) is 0. The van der Waals surface area contributed by atoms with Gasteiger partial charge in [0.15, 0.2) is 4.77 Å². The van der Waals surface area contributed by atoms with Crippen molar-refractivity contribution in [2.45, 2.75) is 13.0 Å². The molecule has 1 N–H and O–H groups in total. The van der Waals surface area contributed by atoms with Gasteiger partial charge >= 0.3 is 0 Å². The molecule has 0 fully saturated rings. The Morgan fingerprint density at radius 2 is 2.00 bits per heavy atom. The number of aromatic nitrogens is 2. The summed E-state index contributed by atoms with van der Waals surface area (Å²) >= 11 is 8.82. The second-order valence-electron chi connectivity index (χ2n) is 4.67. The second-order valence-corrected chi connectivity index (χ2v) is 5.97. The summed E-state index contributed by atoms with van der Waals surface area (Å²) in [4.78, 5) is 2.95. The van der Waals surface area contributed by atoms with Crippen LogP contribution < -0.4 is 0 Å². The standard InChI is InChI=1S/C15H12BrFN2S/c1-9(10-4-2-5-11(16)8-10)19-13-7-3-6-12(17)14(13)18-15(19)20/h2-9H,1H3,(H,18,20). The fourth-order valence-electron chi connectivity index (χ4n) is 2.41. The van der Waals surface area contributed by atoms with E-state index in [1.54, 1.807) is 6.07 Å². The largest absolute Gasteiger partial charge is 0.328 e. The molecule has 102 valence electrons. The van der Waals surface area contributed by atoms with Gasteiger partial charge in [-0.05, 0) is 49.0 Å². The van der Waals surface area contributed by atoms with Crippen molar-refractivity contribution in [3.63, 3.8) is 0 Å². The minimum absolute atomic E-state index is 0.0237. The average Bonchev–Trinajstić information content (AvgIpc) is 2.76. The Bertz CT molecular complexity index is 837. The van der Waals surface area contributed by atoms with E-state index in [0.717, 1.165) is 15.6 Å². The van der Waals surface area contributed by atoms with Gasteiger partial charge < -0.3 is 9.55 Å². The average molecular weight is 351 g/mol. The van der Waals surface area contributed by atoms with Crippen molar-refractivity contribution in [3.8, 4) is 0 Å². The molecule has 0 bridgehead atoms. The summed E-state index contributed by atoms with van der Waals surface area (Å²) in [5.74, 6) is -0.284. The van der Waals surface area contributed by atoms with Crippen LogP contribution in [-0.4, -0.2) is 9.55 Å². The Labute approximate surface area is 129 Å². The molecule has 3 aromatic rings. The number of hydrogen-bond donors (Lipinski definition) is 1. The number of nitrogens with one attached hydrogen (secondary N) is 1. The van der Waals surface area contributed by atoms with Gasteiger partial charge in [-0.1, -0.05) is 34.1 Å². The van der Waals surface area contributed by atoms with Gasteiger partial charge in [-0.2, -0.15) is 0 Å². The number of imidazole rings is 1. The number of rotatable bonds is 2. The number of benzene rings is 2. The third-order valence-corrected chi connectivity index (χ3v) is 4.21. The number of halogens is 2. The molecule has 20 heavy (non-hydrogen) atoms. The topological polar surface area (TPSA) is 20.7 Å². The molecule has 1 atom stereocenters. The molecule has 0 aliphatic carbocycles. The van der Waals surface area contributed by atoms with Gasteiger partial charge in [-0.3, -0.25) is 0 Å². The van der Waals surface area contributed by atoms with Gasteiger partial charge in [0.1, 0.15) is 11.3 Å². The van der Waals surface area contributed by atoms with Crippen LogP contribution in [0.1, 0.15) is 18.5 Å². The van der Waals surface area contributed by atoms with Crippen molar-refractivity contribution in [1.82, 2.24) is 9.55 Å². The molecule has 1 aromatic heterocycles. The van der Waals surface area contributed by atoms with E-state index in [-0.39, 0.29) is 11.9 Å². The highest BCUT2D eigenvalue weighted by Crippen LogP contribution is 2.27. The number of nitrogens with zero attached hydrogens (tertiary/aromatic N) is 1. The first-order valence-corrected chi connectivity index (χ1v) is 7.42. The Hall–Kier alpha value is -1.46. The van der Waals surface area contributed by atoms with E-state index >= 15 is 0 Å². The smallest absolute Gasteiger partial charge is 0.178 e. The molecular weight excluding hydrogens is 339 g/mol. The fourth-order valence-corrected chi connectivity index (χ4v) is 3.19. The molecule has 0 saturated carbocycles. The number of H-pyrrole nitrogens is 1. The molecule has 0 aliphatic rings. The number of hydrogen-bond acceptors (Lipinski definition) is 1. The maximum Gasteiger partial charge on any atom is 0.178 e. The first-order valence-electron chi connectivity index (χ1n) is 6.22. The van der Waals surface area contributed by atoms with Gasteiger partial charge in [-0.15, -0.1) is 0 Å². The number of aromatic amines is 1. The minimum Gasteiger partial charge on any atom is -0.328 e. The van der Waals surface area contributed by atoms with E-state index in [1.165, 1.54) is 6.07 Å². The second kappa shape index (κ2) is 5.14. The van der Waals surface area contributed by atoms with Crippen LogP contribution in [0.2, 0.25) is 0 Å². The summed E-state index contributed by atoms with van der Waals surface area (Å²) in [5.41, 5.74) is 2.35. The third kappa shape index (κ3) is 2.21. The lowest BCUT2D eigenvalue weighted by molar-refractivity contribution is 0.636. The van der Waals surface area contributed by atoms with Crippen LogP contribution in [0.15, 0.2) is 46.9 Å².